The quantitative estimate of drug-likeness (QED) is 0.129. The van der Waals surface area contributed by atoms with E-state index in [0.717, 1.165) is 48.9 Å². The maximum Gasteiger partial charge on any atom is 0.416 e. The van der Waals surface area contributed by atoms with Gasteiger partial charge in [0.25, 0.3) is 5.91 Å². The highest BCUT2D eigenvalue weighted by Crippen LogP contribution is 2.42. The molecule has 1 atom stereocenters. The number of alkyl halides is 6. The number of piperidine rings is 1. The van der Waals surface area contributed by atoms with Crippen LogP contribution >= 0.6 is 0 Å². The molecule has 2 aliphatic heterocycles. The number of nitrogens with zero attached hydrogens (tertiary/aromatic N) is 7. The van der Waals surface area contributed by atoms with Crippen molar-refractivity contribution in [1.82, 2.24) is 24.6 Å². The van der Waals surface area contributed by atoms with Gasteiger partial charge in [0.2, 0.25) is 0 Å². The van der Waals surface area contributed by atoms with Gasteiger partial charge >= 0.3 is 12.4 Å². The number of aromatic nitrogens is 4. The summed E-state index contributed by atoms with van der Waals surface area (Å²) >= 11 is 0. The molecule has 6 rings (SSSR count). The van der Waals surface area contributed by atoms with E-state index >= 15 is 0 Å². The molecule has 4 heterocycles. The zero-order chi connectivity index (χ0) is 37.4. The van der Waals surface area contributed by atoms with Gasteiger partial charge in [-0.15, -0.1) is 10.2 Å². The molecule has 1 fully saturated rings. The number of carbonyl (C=O) groups is 1. The Hall–Kier alpha value is -4.97. The lowest BCUT2D eigenvalue weighted by Gasteiger charge is -2.38. The third-order valence-corrected chi connectivity index (χ3v) is 9.70. The van der Waals surface area contributed by atoms with E-state index in [9.17, 15) is 31.1 Å². The van der Waals surface area contributed by atoms with E-state index in [1.54, 1.807) is 11.6 Å². The first kappa shape index (κ1) is 36.8. The molecule has 1 saturated heterocycles. The number of benzene rings is 2. The van der Waals surface area contributed by atoms with E-state index < -0.39 is 35.9 Å². The van der Waals surface area contributed by atoms with Crippen LogP contribution in [0.25, 0.3) is 22.5 Å². The number of anilines is 2. The van der Waals surface area contributed by atoms with E-state index in [1.807, 2.05) is 6.07 Å². The summed E-state index contributed by atoms with van der Waals surface area (Å²) in [4.78, 5) is 22.0. The van der Waals surface area contributed by atoms with Crippen molar-refractivity contribution in [2.24, 2.45) is 13.0 Å². The van der Waals surface area contributed by atoms with Gasteiger partial charge in [-0.2, -0.15) is 31.6 Å². The summed E-state index contributed by atoms with van der Waals surface area (Å²) in [6.07, 6.45) is -4.46. The van der Waals surface area contributed by atoms with Crippen molar-refractivity contribution >= 4 is 17.5 Å². The van der Waals surface area contributed by atoms with Crippen LogP contribution in [0.3, 0.4) is 0 Å². The number of nitrogens with one attached hydrogen (secondary N) is 1. The first-order valence-electron chi connectivity index (χ1n) is 17.1. The normalized spacial score (nSPS) is 16.8. The molecule has 15 heteroatoms. The molecule has 0 aliphatic carbocycles. The Bertz CT molecular complexity index is 2000. The summed E-state index contributed by atoms with van der Waals surface area (Å²) < 4.78 is 87.6. The summed E-state index contributed by atoms with van der Waals surface area (Å²) in [5.41, 5.74) is -1.11. The van der Waals surface area contributed by atoms with Crippen LogP contribution in [0, 0.1) is 17.2 Å². The standard InChI is InChI=1S/C37H38F6N8O/c1-22(2)31-8-4-7-13-50(31)19-23-14-28-29(30(15-23)37(41,42)43)20-51(35(28)52)33-17-24(16-32(47-33)45-12-6-5-11-44)27-18-25(36(38,39)40)9-10-26(27)34-48-46-21-49(34)3/h9-10,14-18,21-22,31H,4-8,12-13,19-20H2,1-3H3,(H,45,47)/t31-/m0/s1. The number of rotatable bonds is 10. The van der Waals surface area contributed by atoms with Crippen LogP contribution < -0.4 is 10.2 Å². The molecule has 274 valence electrons. The number of carbonyl (C=O) groups excluding carboxylic acids is 1. The van der Waals surface area contributed by atoms with Crippen LogP contribution in [0.2, 0.25) is 0 Å². The summed E-state index contributed by atoms with van der Waals surface area (Å²) in [5.74, 6) is -0.00319. The van der Waals surface area contributed by atoms with Gasteiger partial charge in [-0.05, 0) is 96.4 Å². The molecule has 0 radical (unpaired) electrons. The van der Waals surface area contributed by atoms with Crippen LogP contribution in [0.5, 0.6) is 0 Å². The minimum atomic E-state index is -4.75. The summed E-state index contributed by atoms with van der Waals surface area (Å²) in [7, 11) is 1.64. The van der Waals surface area contributed by atoms with Gasteiger partial charge in [0, 0.05) is 43.7 Å². The number of hydrogen-bond acceptors (Lipinski definition) is 7. The lowest BCUT2D eigenvalue weighted by Crippen LogP contribution is -2.42. The number of pyridine rings is 1. The highest BCUT2D eigenvalue weighted by molar-refractivity contribution is 6.10. The summed E-state index contributed by atoms with van der Waals surface area (Å²) in [6, 6.07) is 11.0. The monoisotopic (exact) mass is 724 g/mol. The molecule has 0 saturated carbocycles. The van der Waals surface area contributed by atoms with Crippen molar-refractivity contribution in [1.29, 1.82) is 5.26 Å². The Kier molecular flexibility index (Phi) is 10.3. The number of aryl methyl sites for hydroxylation is 1. The minimum absolute atomic E-state index is 0.0478. The number of hydrogen-bond donors (Lipinski definition) is 1. The van der Waals surface area contributed by atoms with Crippen LogP contribution in [-0.4, -0.2) is 49.7 Å². The Balaban J connectivity index is 1.45. The maximum atomic E-state index is 14.7. The fourth-order valence-corrected chi connectivity index (χ4v) is 7.17. The average molecular weight is 725 g/mol. The number of unbranched alkanes of at least 4 members (excludes halogenated alkanes) is 1. The largest absolute Gasteiger partial charge is 0.416 e. The number of amides is 1. The third-order valence-electron chi connectivity index (χ3n) is 9.70. The molecule has 2 aromatic heterocycles. The lowest BCUT2D eigenvalue weighted by atomic mass is 9.91. The van der Waals surface area contributed by atoms with Crippen molar-refractivity contribution in [3.05, 3.63) is 76.6 Å². The molecule has 0 unspecified atom stereocenters. The Morgan fingerprint density at radius 3 is 2.46 bits per heavy atom. The van der Waals surface area contributed by atoms with Crippen molar-refractivity contribution in [3.63, 3.8) is 0 Å². The van der Waals surface area contributed by atoms with Crippen molar-refractivity contribution in [2.75, 3.05) is 23.3 Å². The van der Waals surface area contributed by atoms with Crippen molar-refractivity contribution < 1.29 is 31.1 Å². The van der Waals surface area contributed by atoms with Gasteiger partial charge in [0.15, 0.2) is 5.82 Å². The van der Waals surface area contributed by atoms with E-state index in [-0.39, 0.29) is 65.3 Å². The van der Waals surface area contributed by atoms with Gasteiger partial charge < -0.3 is 9.88 Å². The van der Waals surface area contributed by atoms with E-state index in [0.29, 0.717) is 23.5 Å². The highest BCUT2D eigenvalue weighted by Gasteiger charge is 2.41. The average Bonchev–Trinajstić information content (AvgIpc) is 3.67. The number of likely N-dealkylation sites (tertiary alicyclic amines) is 1. The molecular formula is C37H38F6N8O. The predicted octanol–water partition coefficient (Wildman–Crippen LogP) is 8.47. The van der Waals surface area contributed by atoms with Gasteiger partial charge in [-0.1, -0.05) is 20.3 Å². The third kappa shape index (κ3) is 7.62. The second-order valence-corrected chi connectivity index (χ2v) is 13.6. The van der Waals surface area contributed by atoms with Gasteiger partial charge in [-0.3, -0.25) is 14.6 Å². The molecule has 2 aliphatic rings. The minimum Gasteiger partial charge on any atom is -0.370 e. The second-order valence-electron chi connectivity index (χ2n) is 13.6. The van der Waals surface area contributed by atoms with Crippen molar-refractivity contribution in [2.45, 2.75) is 77.4 Å². The van der Waals surface area contributed by atoms with Gasteiger partial charge in [-0.25, -0.2) is 4.98 Å². The molecule has 2 aromatic carbocycles. The van der Waals surface area contributed by atoms with E-state index in [2.05, 4.69) is 39.2 Å². The maximum absolute atomic E-state index is 14.7. The summed E-state index contributed by atoms with van der Waals surface area (Å²) in [5, 5.41) is 20.0. The highest BCUT2D eigenvalue weighted by atomic mass is 19.4. The van der Waals surface area contributed by atoms with Gasteiger partial charge in [0.1, 0.15) is 18.0 Å². The van der Waals surface area contributed by atoms with E-state index in [4.69, 9.17) is 5.26 Å². The van der Waals surface area contributed by atoms with Crippen LogP contribution in [0.1, 0.15) is 78.6 Å². The smallest absolute Gasteiger partial charge is 0.370 e. The van der Waals surface area contributed by atoms with E-state index in [1.165, 1.54) is 30.6 Å². The molecule has 1 N–H and O–H groups in total. The Morgan fingerprint density at radius 2 is 1.79 bits per heavy atom. The van der Waals surface area contributed by atoms with Crippen LogP contribution in [-0.2, 0) is 32.5 Å². The number of nitriles is 1. The fourth-order valence-electron chi connectivity index (χ4n) is 7.17. The SMILES string of the molecule is CC(C)[C@@H]1CCCCN1Cc1cc2c(c(C(F)(F)F)c1)CN(c1cc(-c3cc(C(F)(F)F)ccc3-c3nncn3C)cc(NCCCC#N)n1)C2=O. The zero-order valence-electron chi connectivity index (χ0n) is 28.9. The lowest BCUT2D eigenvalue weighted by molar-refractivity contribution is -0.138. The molecule has 1 amide bonds. The molecular weight excluding hydrogens is 686 g/mol. The van der Waals surface area contributed by atoms with Crippen LogP contribution in [0.4, 0.5) is 38.0 Å². The molecule has 52 heavy (non-hydrogen) atoms. The van der Waals surface area contributed by atoms with Crippen molar-refractivity contribution in [3.8, 4) is 28.6 Å². The number of halogens is 6. The zero-order valence-corrected chi connectivity index (χ0v) is 28.9. The summed E-state index contributed by atoms with van der Waals surface area (Å²) in [6.45, 7) is 5.02. The first-order valence-corrected chi connectivity index (χ1v) is 17.1. The van der Waals surface area contributed by atoms with Gasteiger partial charge in [0.05, 0.1) is 23.7 Å². The Labute approximate surface area is 297 Å². The molecule has 9 nitrogen and oxygen atoms in total. The Morgan fingerprint density at radius 1 is 1.00 bits per heavy atom. The molecule has 4 aromatic rings. The molecule has 0 bridgehead atoms. The topological polar surface area (TPSA) is 103 Å². The number of fused-ring (bicyclic) bond motifs is 1. The first-order chi connectivity index (χ1) is 24.7. The molecule has 0 spiro atoms. The predicted molar refractivity (Wildman–Crippen MR) is 183 cm³/mol. The van der Waals surface area contributed by atoms with Crippen LogP contribution in [0.15, 0.2) is 48.8 Å². The second kappa shape index (κ2) is 14.6. The fraction of sp³-hybridized carbons (Fsp3) is 0.432.